The molecular weight excluding hydrogens is 1840 g/mol. The predicted octanol–water partition coefficient (Wildman–Crippen LogP) is 32.0. The highest BCUT2D eigenvalue weighted by Crippen LogP contribution is 2.55. The van der Waals surface area contributed by atoms with Crippen molar-refractivity contribution in [3.05, 3.63) is 479 Å². The summed E-state index contributed by atoms with van der Waals surface area (Å²) in [6, 6.07) is 163. The fourth-order valence-corrected chi connectivity index (χ4v) is 21.2. The molecule has 27 rings (SSSR count). The molecule has 3 aliphatic rings. The molecule has 0 aliphatic carbocycles. The van der Waals surface area contributed by atoms with E-state index in [1.165, 1.54) is 40.7 Å². The van der Waals surface area contributed by atoms with E-state index in [4.69, 9.17) is 74.2 Å². The average Bonchev–Trinajstić information content (AvgIpc) is 1.36. The Balaban J connectivity index is 0.000000114. The molecule has 145 heavy (non-hydrogen) atoms. The maximum atomic E-state index is 6.08. The zero-order chi connectivity index (χ0) is 96.3. The molecular formula is C124H79N17OS3. The van der Waals surface area contributed by atoms with Crippen LogP contribution in [-0.2, 0) is 0 Å². The summed E-state index contributed by atoms with van der Waals surface area (Å²) < 4.78 is 6.08. The number of hydrogen-bond donors (Lipinski definition) is 0. The van der Waals surface area contributed by atoms with Crippen molar-refractivity contribution in [1.82, 2.24) is 69.8 Å². The topological polar surface area (TPSA) is 203 Å². The van der Waals surface area contributed by atoms with Gasteiger partial charge in [-0.15, -0.1) is 0 Å². The SMILES string of the molecule is c1ccc(-c2cc(-c3ccccc3)nc(-c3nc(-c4ccccc4)nc(-c4ccc(N5c6ccccc6Sc6ccccc65)cc4)n3)n2)cc1.c1ccc(-c2nc(-c3ccc(N4c5ccccc5Sc5ccccc54)cc3)nc(-c3ccc4oc5ccccc5c4c3)n2)cc1.c1ccc(-c2nc(-c3ccccc3)nc(-c3nc(-c4ccccc4)nc(-c4ccc(N5c6ccccc6Sc6ccccc65)cc4)n3)n2)cc1. The molecule has 9 heterocycles. The van der Waals surface area contributed by atoms with Gasteiger partial charge in [-0.2, -0.15) is 0 Å². The Morgan fingerprint density at radius 2 is 0.345 bits per heavy atom. The van der Waals surface area contributed by atoms with Crippen molar-refractivity contribution in [3.8, 4) is 148 Å². The van der Waals surface area contributed by atoms with E-state index in [0.29, 0.717) is 75.7 Å². The van der Waals surface area contributed by atoms with E-state index in [0.717, 1.165) is 134 Å². The Labute approximate surface area is 848 Å². The van der Waals surface area contributed by atoms with E-state index in [1.807, 2.05) is 236 Å². The van der Waals surface area contributed by atoms with Crippen molar-refractivity contribution in [2.45, 2.75) is 29.4 Å². The third-order valence-corrected chi connectivity index (χ3v) is 28.4. The summed E-state index contributed by atoms with van der Waals surface area (Å²) >= 11 is 5.40. The molecule has 0 N–H and O–H groups in total. The minimum Gasteiger partial charge on any atom is -0.456 e. The van der Waals surface area contributed by atoms with E-state index in [9.17, 15) is 0 Å². The molecule has 0 atom stereocenters. The van der Waals surface area contributed by atoms with E-state index in [1.54, 1.807) is 23.5 Å². The van der Waals surface area contributed by atoms with Gasteiger partial charge in [-0.05, 0) is 176 Å². The summed E-state index contributed by atoms with van der Waals surface area (Å²) in [6.07, 6.45) is 0. The van der Waals surface area contributed by atoms with Gasteiger partial charge in [-0.3, -0.25) is 0 Å². The van der Waals surface area contributed by atoms with Crippen molar-refractivity contribution in [3.63, 3.8) is 0 Å². The largest absolute Gasteiger partial charge is 0.456 e. The van der Waals surface area contributed by atoms with Crippen molar-refractivity contribution in [1.29, 1.82) is 0 Å². The number of para-hydroxylation sites is 7. The van der Waals surface area contributed by atoms with Crippen LogP contribution in [0.15, 0.2) is 513 Å². The lowest BCUT2D eigenvalue weighted by atomic mass is 10.1. The molecule has 18 aromatic carbocycles. The first kappa shape index (κ1) is 87.8. The Bertz CT molecular complexity index is 8320. The lowest BCUT2D eigenvalue weighted by Gasteiger charge is -2.32. The van der Waals surface area contributed by atoms with Crippen LogP contribution in [-0.4, -0.2) is 69.8 Å². The van der Waals surface area contributed by atoms with Crippen LogP contribution in [0.3, 0.4) is 0 Å². The van der Waals surface area contributed by atoms with Crippen molar-refractivity contribution < 1.29 is 4.42 Å². The fourth-order valence-electron chi connectivity index (χ4n) is 18.1. The van der Waals surface area contributed by atoms with Crippen LogP contribution in [0.25, 0.3) is 170 Å². The van der Waals surface area contributed by atoms with Crippen molar-refractivity contribution >= 4 is 108 Å². The number of fused-ring (bicyclic) bond motifs is 9. The van der Waals surface area contributed by atoms with E-state index in [-0.39, 0.29) is 0 Å². The minimum absolute atomic E-state index is 0.366. The maximum absolute atomic E-state index is 6.08. The van der Waals surface area contributed by atoms with E-state index < -0.39 is 0 Å². The van der Waals surface area contributed by atoms with Gasteiger partial charge in [0.1, 0.15) is 11.2 Å². The maximum Gasteiger partial charge on any atom is 0.202 e. The summed E-state index contributed by atoms with van der Waals surface area (Å²) in [4.78, 5) is 83.7. The molecule has 3 aliphatic heterocycles. The number of furan rings is 1. The van der Waals surface area contributed by atoms with Crippen LogP contribution in [0, 0.1) is 0 Å². The molecule has 0 bridgehead atoms. The van der Waals surface area contributed by atoms with Gasteiger partial charge in [0.15, 0.2) is 58.2 Å². The highest BCUT2D eigenvalue weighted by atomic mass is 32.2. The Morgan fingerprint density at radius 1 is 0.145 bits per heavy atom. The quantitative estimate of drug-likeness (QED) is 0.0882. The van der Waals surface area contributed by atoms with Crippen LogP contribution in [0.4, 0.5) is 51.2 Å². The van der Waals surface area contributed by atoms with Gasteiger partial charge in [-0.25, -0.2) is 69.8 Å². The Hall–Kier alpha value is -18.7. The van der Waals surface area contributed by atoms with Gasteiger partial charge in [0, 0.05) is 118 Å². The second-order valence-electron chi connectivity index (χ2n) is 34.3. The number of anilines is 9. The first-order valence-corrected chi connectivity index (χ1v) is 49.8. The van der Waals surface area contributed by atoms with Gasteiger partial charge < -0.3 is 19.1 Å². The molecule has 684 valence electrons. The molecule has 0 fully saturated rings. The van der Waals surface area contributed by atoms with E-state index >= 15 is 0 Å². The average molecular weight is 1920 g/mol. The van der Waals surface area contributed by atoms with Crippen LogP contribution in [0.5, 0.6) is 0 Å². The molecule has 0 amide bonds. The number of aromatic nitrogens is 14. The monoisotopic (exact) mass is 1920 g/mol. The second-order valence-corrected chi connectivity index (χ2v) is 37.6. The number of benzene rings is 18. The lowest BCUT2D eigenvalue weighted by molar-refractivity contribution is 0.669. The first-order chi connectivity index (χ1) is 71.8. The predicted molar refractivity (Wildman–Crippen MR) is 583 cm³/mol. The summed E-state index contributed by atoms with van der Waals surface area (Å²) in [5.74, 6) is 6.70. The van der Waals surface area contributed by atoms with Crippen molar-refractivity contribution in [2.75, 3.05) is 14.7 Å². The van der Waals surface area contributed by atoms with Crippen LogP contribution in [0.1, 0.15) is 0 Å². The summed E-state index contributed by atoms with van der Waals surface area (Å²) in [5, 5.41) is 2.11. The third kappa shape index (κ3) is 18.0. The fraction of sp³-hybridized carbons (Fsp3) is 0. The molecule has 0 unspecified atom stereocenters. The van der Waals surface area contributed by atoms with Crippen LogP contribution in [0.2, 0.25) is 0 Å². The molecule has 18 nitrogen and oxygen atoms in total. The van der Waals surface area contributed by atoms with Gasteiger partial charge >= 0.3 is 0 Å². The molecule has 0 saturated carbocycles. The van der Waals surface area contributed by atoms with E-state index in [2.05, 4.69) is 269 Å². The molecule has 6 aromatic heterocycles. The van der Waals surface area contributed by atoms with Crippen molar-refractivity contribution in [2.24, 2.45) is 0 Å². The summed E-state index contributed by atoms with van der Waals surface area (Å²) in [5.41, 5.74) is 23.4. The number of rotatable bonds is 16. The highest BCUT2D eigenvalue weighted by molar-refractivity contribution is 8.00. The third-order valence-electron chi connectivity index (χ3n) is 25.0. The lowest BCUT2D eigenvalue weighted by Crippen LogP contribution is -2.14. The molecule has 24 aromatic rings. The molecule has 0 spiro atoms. The highest BCUT2D eigenvalue weighted by Gasteiger charge is 2.31. The zero-order valence-electron chi connectivity index (χ0n) is 77.3. The Morgan fingerprint density at radius 3 is 0.621 bits per heavy atom. The first-order valence-electron chi connectivity index (χ1n) is 47.4. The standard InChI is InChI=1S/C43H28N6S.C42H27N7S.C39H24N4OS/c1-4-14-29(15-5-1)34-28-35(30-16-6-2-7-17-30)45-42(44-34)43-47-40(31-18-8-3-9-19-31)46-41(48-43)32-24-26-33(27-25-32)49-36-20-10-12-22-38(36)50-39-23-13-11-21-37(39)49;1-4-14-28(15-5-1)37-43-38(29-16-6-2-7-17-29)46-41(45-37)42-47-39(30-18-8-3-9-19-30)44-40(48-42)31-24-26-32(27-25-31)49-33-20-10-12-22-35(33)50-36-23-13-11-21-34(36)49;1-2-10-25(11-3-1)37-40-38(42-39(41-37)27-20-23-34-30(24-27)29-12-4-7-15-33(29)44-34)26-18-21-28(22-19-26)43-31-13-5-8-16-35(31)45-36-17-9-6-14-32(36)43/h1-28H;1-27H;1-24H. The van der Waals surface area contributed by atoms with Gasteiger partial charge in [0.2, 0.25) is 17.5 Å². The van der Waals surface area contributed by atoms with Crippen LogP contribution < -0.4 is 14.7 Å². The zero-order valence-corrected chi connectivity index (χ0v) is 79.8. The van der Waals surface area contributed by atoms with Gasteiger partial charge in [0.25, 0.3) is 0 Å². The molecule has 21 heteroatoms. The minimum atomic E-state index is 0.366. The van der Waals surface area contributed by atoms with Crippen LogP contribution >= 0.6 is 35.3 Å². The Kier molecular flexibility index (Phi) is 23.7. The molecule has 0 saturated heterocycles. The second kappa shape index (κ2) is 39.2. The number of hydrogen-bond acceptors (Lipinski definition) is 21. The summed E-state index contributed by atoms with van der Waals surface area (Å²) in [7, 11) is 0. The van der Waals surface area contributed by atoms with Gasteiger partial charge in [-0.1, -0.05) is 339 Å². The molecule has 0 radical (unpaired) electrons. The smallest absolute Gasteiger partial charge is 0.202 e. The van der Waals surface area contributed by atoms with Gasteiger partial charge in [0.05, 0.1) is 45.5 Å². The number of nitrogens with zero attached hydrogens (tertiary/aromatic N) is 17. The normalized spacial score (nSPS) is 12.0. The summed E-state index contributed by atoms with van der Waals surface area (Å²) in [6.45, 7) is 0.